The van der Waals surface area contributed by atoms with Gasteiger partial charge in [-0.05, 0) is 38.5 Å². The van der Waals surface area contributed by atoms with Crippen LogP contribution in [0.15, 0.2) is 17.0 Å². The molecule has 0 radical (unpaired) electrons. The summed E-state index contributed by atoms with van der Waals surface area (Å²) < 4.78 is 32.2. The third-order valence-electron chi connectivity index (χ3n) is 2.86. The first kappa shape index (κ1) is 17.9. The van der Waals surface area contributed by atoms with Gasteiger partial charge >= 0.3 is 5.97 Å². The van der Waals surface area contributed by atoms with Gasteiger partial charge in [-0.25, -0.2) is 17.9 Å². The van der Waals surface area contributed by atoms with E-state index in [-0.39, 0.29) is 33.7 Å². The third kappa shape index (κ3) is 4.67. The fourth-order valence-corrected chi connectivity index (χ4v) is 3.49. The van der Waals surface area contributed by atoms with Gasteiger partial charge in [-0.3, -0.25) is 0 Å². The minimum atomic E-state index is -3.86. The highest BCUT2D eigenvalue weighted by Crippen LogP contribution is 2.24. The molecule has 21 heavy (non-hydrogen) atoms. The maximum atomic E-state index is 12.3. The van der Waals surface area contributed by atoms with E-state index < -0.39 is 16.0 Å². The van der Waals surface area contributed by atoms with Gasteiger partial charge in [-0.2, -0.15) is 0 Å². The molecule has 1 aromatic carbocycles. The molecule has 0 spiro atoms. The number of aromatic carboxylic acids is 1. The molecule has 6 nitrogen and oxygen atoms in total. The number of carboxylic acids is 1. The normalized spacial score (nSPS) is 13.1. The predicted molar refractivity (Wildman–Crippen MR) is 79.4 cm³/mol. The molecule has 8 heteroatoms. The number of rotatable bonds is 7. The summed E-state index contributed by atoms with van der Waals surface area (Å²) in [7, 11) is -3.86. The van der Waals surface area contributed by atoms with Crippen LogP contribution in [0.5, 0.6) is 0 Å². The Morgan fingerprint density at radius 3 is 2.62 bits per heavy atom. The largest absolute Gasteiger partial charge is 0.478 e. The minimum Gasteiger partial charge on any atom is -0.478 e. The lowest BCUT2D eigenvalue weighted by Crippen LogP contribution is -2.32. The molecule has 0 saturated heterocycles. The molecule has 0 aliphatic rings. The number of carboxylic acid groups (broad SMARTS) is 1. The zero-order valence-corrected chi connectivity index (χ0v) is 13.6. The summed E-state index contributed by atoms with van der Waals surface area (Å²) >= 11 is 5.80. The molecule has 1 atom stereocenters. The van der Waals surface area contributed by atoms with Gasteiger partial charge in [-0.1, -0.05) is 11.6 Å². The van der Waals surface area contributed by atoms with Crippen molar-refractivity contribution < 1.29 is 23.1 Å². The summed E-state index contributed by atoms with van der Waals surface area (Å²) in [6, 6.07) is 2.46. The van der Waals surface area contributed by atoms with Crippen LogP contribution < -0.4 is 4.72 Å². The van der Waals surface area contributed by atoms with Gasteiger partial charge in [0.1, 0.15) is 0 Å². The Bertz CT molecular complexity index is 630. The van der Waals surface area contributed by atoms with Gasteiger partial charge in [0, 0.05) is 18.2 Å². The van der Waals surface area contributed by atoms with Gasteiger partial charge in [0.15, 0.2) is 0 Å². The van der Waals surface area contributed by atoms with E-state index in [0.717, 1.165) is 0 Å². The summed E-state index contributed by atoms with van der Waals surface area (Å²) in [4.78, 5) is 11.0. The number of ether oxygens (including phenoxy) is 1. The number of benzene rings is 1. The van der Waals surface area contributed by atoms with Crippen molar-refractivity contribution in [2.45, 2.75) is 31.8 Å². The zero-order chi connectivity index (χ0) is 16.2. The summed E-state index contributed by atoms with van der Waals surface area (Å²) in [5.41, 5.74) is 0.00388. The van der Waals surface area contributed by atoms with Gasteiger partial charge in [-0.15, -0.1) is 0 Å². The van der Waals surface area contributed by atoms with Crippen molar-refractivity contribution in [3.05, 3.63) is 28.3 Å². The Morgan fingerprint density at radius 1 is 1.48 bits per heavy atom. The highest BCUT2D eigenvalue weighted by atomic mass is 35.5. The van der Waals surface area contributed by atoms with E-state index in [1.54, 1.807) is 6.92 Å². The van der Waals surface area contributed by atoms with Crippen LogP contribution >= 0.6 is 11.6 Å². The Morgan fingerprint density at radius 2 is 2.10 bits per heavy atom. The number of nitrogens with one attached hydrogen (secondary N) is 1. The Hall–Kier alpha value is -1.15. The van der Waals surface area contributed by atoms with Crippen LogP contribution in [0.25, 0.3) is 0 Å². The molecular formula is C13H18ClNO5S. The standard InChI is InChI=1S/C13H18ClNO5S/c1-4-20-8(2)7-15-21(18,19)12-6-10(14)5-11(9(12)3)13(16)17/h5-6,8,15H,4,7H2,1-3H3,(H,16,17). The van der Waals surface area contributed by atoms with Crippen LogP contribution in [-0.4, -0.2) is 38.7 Å². The Kier molecular flexibility index (Phi) is 6.15. The topological polar surface area (TPSA) is 92.7 Å². The van der Waals surface area contributed by atoms with Crippen molar-refractivity contribution in [1.29, 1.82) is 0 Å². The summed E-state index contributed by atoms with van der Waals surface area (Å²) in [6.07, 6.45) is -0.289. The second-order valence-corrected chi connectivity index (χ2v) is 6.67. The van der Waals surface area contributed by atoms with E-state index in [1.165, 1.54) is 19.1 Å². The van der Waals surface area contributed by atoms with E-state index >= 15 is 0 Å². The van der Waals surface area contributed by atoms with Crippen LogP contribution in [-0.2, 0) is 14.8 Å². The van der Waals surface area contributed by atoms with Crippen molar-refractivity contribution in [2.24, 2.45) is 0 Å². The lowest BCUT2D eigenvalue weighted by Gasteiger charge is -2.15. The van der Waals surface area contributed by atoms with E-state index in [1.807, 2.05) is 6.92 Å². The maximum Gasteiger partial charge on any atom is 0.336 e. The number of sulfonamides is 1. The van der Waals surface area contributed by atoms with Crippen LogP contribution in [0.4, 0.5) is 0 Å². The summed E-state index contributed by atoms with van der Waals surface area (Å²) in [6.45, 7) is 5.54. The molecule has 1 rings (SSSR count). The second kappa shape index (κ2) is 7.22. The van der Waals surface area contributed by atoms with Crippen molar-refractivity contribution in [3.8, 4) is 0 Å². The van der Waals surface area contributed by atoms with Gasteiger partial charge < -0.3 is 9.84 Å². The highest BCUT2D eigenvalue weighted by molar-refractivity contribution is 7.89. The number of hydrogen-bond acceptors (Lipinski definition) is 4. The van der Waals surface area contributed by atoms with E-state index in [2.05, 4.69) is 4.72 Å². The quantitative estimate of drug-likeness (QED) is 0.795. The highest BCUT2D eigenvalue weighted by Gasteiger charge is 2.22. The second-order valence-electron chi connectivity index (χ2n) is 4.50. The van der Waals surface area contributed by atoms with E-state index in [9.17, 15) is 13.2 Å². The first-order valence-electron chi connectivity index (χ1n) is 6.33. The van der Waals surface area contributed by atoms with E-state index in [0.29, 0.717) is 6.61 Å². The van der Waals surface area contributed by atoms with Crippen molar-refractivity contribution in [3.63, 3.8) is 0 Å². The SMILES string of the molecule is CCOC(C)CNS(=O)(=O)c1cc(Cl)cc(C(=O)O)c1C. The van der Waals surface area contributed by atoms with Crippen molar-refractivity contribution >= 4 is 27.6 Å². The van der Waals surface area contributed by atoms with E-state index in [4.69, 9.17) is 21.4 Å². The minimum absolute atomic E-state index is 0.0521. The lowest BCUT2D eigenvalue weighted by atomic mass is 10.1. The molecule has 0 aliphatic heterocycles. The average molecular weight is 336 g/mol. The monoisotopic (exact) mass is 335 g/mol. The van der Waals surface area contributed by atoms with Crippen LogP contribution in [0.1, 0.15) is 29.8 Å². The predicted octanol–water partition coefficient (Wildman–Crippen LogP) is 2.05. The molecule has 0 aliphatic carbocycles. The van der Waals surface area contributed by atoms with Crippen molar-refractivity contribution in [1.82, 2.24) is 4.72 Å². The zero-order valence-electron chi connectivity index (χ0n) is 12.0. The number of hydrogen-bond donors (Lipinski definition) is 2. The van der Waals surface area contributed by atoms with Gasteiger partial charge in [0.25, 0.3) is 0 Å². The van der Waals surface area contributed by atoms with Crippen LogP contribution in [0, 0.1) is 6.92 Å². The molecular weight excluding hydrogens is 318 g/mol. The Labute approximate surface area is 129 Å². The molecule has 0 amide bonds. The van der Waals surface area contributed by atoms with Gasteiger partial charge in [0.2, 0.25) is 10.0 Å². The molecule has 2 N–H and O–H groups in total. The average Bonchev–Trinajstić information content (AvgIpc) is 2.39. The molecule has 0 bridgehead atoms. The summed E-state index contributed by atoms with van der Waals surface area (Å²) in [5, 5.41) is 9.13. The molecule has 0 fully saturated rings. The molecule has 118 valence electrons. The number of halogens is 1. The molecule has 1 unspecified atom stereocenters. The molecule has 1 aromatic rings. The van der Waals surface area contributed by atoms with Gasteiger partial charge in [0.05, 0.1) is 16.6 Å². The first-order valence-corrected chi connectivity index (χ1v) is 8.19. The smallest absolute Gasteiger partial charge is 0.336 e. The van der Waals surface area contributed by atoms with Crippen LogP contribution in [0.2, 0.25) is 5.02 Å². The Balaban J connectivity index is 3.11. The maximum absolute atomic E-state index is 12.3. The fraction of sp³-hybridized carbons (Fsp3) is 0.462. The van der Waals surface area contributed by atoms with Crippen LogP contribution in [0.3, 0.4) is 0 Å². The summed E-state index contributed by atoms with van der Waals surface area (Å²) in [5.74, 6) is -1.23. The fourth-order valence-electron chi connectivity index (χ4n) is 1.80. The molecule has 0 aromatic heterocycles. The number of carbonyl (C=O) groups is 1. The third-order valence-corrected chi connectivity index (χ3v) is 4.62. The lowest BCUT2D eigenvalue weighted by molar-refractivity contribution is 0.0695. The van der Waals surface area contributed by atoms with Crippen molar-refractivity contribution in [2.75, 3.05) is 13.2 Å². The molecule has 0 saturated carbocycles. The molecule has 0 heterocycles. The first-order chi connectivity index (χ1) is 9.69.